The Morgan fingerprint density at radius 2 is 2.56 bits per heavy atom. The number of carboxylic acids is 1. The summed E-state index contributed by atoms with van der Waals surface area (Å²) in [6.45, 7) is 3.15. The number of hydroxylamine groups is 1. The zero-order chi connectivity index (χ0) is 13.0. The molecule has 0 spiro atoms. The van der Waals surface area contributed by atoms with Gasteiger partial charge in [-0.05, 0) is 19.8 Å². The molecule has 0 aromatic carbocycles. The van der Waals surface area contributed by atoms with Crippen LogP contribution in [-0.2, 0) is 11.6 Å². The maximum Gasteiger partial charge on any atom is 0.372 e. The molecule has 3 N–H and O–H groups in total. The smallest absolute Gasteiger partial charge is 0.372 e. The molecule has 1 aliphatic heterocycles. The van der Waals surface area contributed by atoms with Crippen LogP contribution in [0.15, 0.2) is 12.4 Å². The number of hydrogen-bond donors (Lipinski definition) is 3. The Balaban J connectivity index is 1.75. The van der Waals surface area contributed by atoms with Crippen LogP contribution in [0.2, 0.25) is 0 Å². The van der Waals surface area contributed by atoms with Gasteiger partial charge in [0, 0.05) is 31.0 Å². The normalized spacial score (nSPS) is 24.1. The molecule has 0 bridgehead atoms. The van der Waals surface area contributed by atoms with Gasteiger partial charge in [0.25, 0.3) is 0 Å². The van der Waals surface area contributed by atoms with Gasteiger partial charge < -0.3 is 10.4 Å². The highest BCUT2D eigenvalue weighted by atomic mass is 16.7. The molecule has 0 radical (unpaired) electrons. The summed E-state index contributed by atoms with van der Waals surface area (Å²) in [6, 6.07) is 0.813. The summed E-state index contributed by atoms with van der Waals surface area (Å²) in [5.74, 6) is -1.08. The van der Waals surface area contributed by atoms with Crippen LogP contribution in [0.3, 0.4) is 0 Å². The maximum atomic E-state index is 10.8. The number of piperidine rings is 1. The molecule has 1 aliphatic rings. The van der Waals surface area contributed by atoms with Gasteiger partial charge in [-0.25, -0.2) is 9.78 Å². The number of nitrogens with one attached hydrogen (secondary N) is 2. The fourth-order valence-corrected chi connectivity index (χ4v) is 1.94. The van der Waals surface area contributed by atoms with Crippen LogP contribution in [0.25, 0.3) is 0 Å². The Morgan fingerprint density at radius 3 is 3.22 bits per heavy atom. The standard InChI is InChI=1S/C11H18N4O3/c1-8-2-3-9(6-13-8)14-18-7-15-5-4-12-10(15)11(16)17/h4-5,8-9,13-14H,2-3,6-7H2,1H3,(H,16,17)/t8-,9?/m1/s1. The zero-order valence-corrected chi connectivity index (χ0v) is 10.3. The molecule has 0 saturated carbocycles. The number of rotatable bonds is 5. The van der Waals surface area contributed by atoms with E-state index >= 15 is 0 Å². The highest BCUT2D eigenvalue weighted by molar-refractivity contribution is 5.83. The Morgan fingerprint density at radius 1 is 1.72 bits per heavy atom. The molecular formula is C11H18N4O3. The monoisotopic (exact) mass is 254 g/mol. The Bertz CT molecular complexity index is 399. The van der Waals surface area contributed by atoms with Crippen molar-refractivity contribution in [2.24, 2.45) is 0 Å². The largest absolute Gasteiger partial charge is 0.475 e. The summed E-state index contributed by atoms with van der Waals surface area (Å²) in [5, 5.41) is 12.2. The third kappa shape index (κ3) is 3.28. The van der Waals surface area contributed by atoms with E-state index in [2.05, 4.69) is 22.7 Å². The van der Waals surface area contributed by atoms with Gasteiger partial charge >= 0.3 is 5.97 Å². The van der Waals surface area contributed by atoms with Crippen molar-refractivity contribution < 1.29 is 14.7 Å². The van der Waals surface area contributed by atoms with Crippen molar-refractivity contribution in [3.8, 4) is 0 Å². The van der Waals surface area contributed by atoms with Gasteiger partial charge in [0.05, 0.1) is 0 Å². The first-order valence-electron chi connectivity index (χ1n) is 6.02. The first-order valence-corrected chi connectivity index (χ1v) is 6.02. The van der Waals surface area contributed by atoms with Gasteiger partial charge in [0.15, 0.2) is 0 Å². The quantitative estimate of drug-likeness (QED) is 0.651. The van der Waals surface area contributed by atoms with Crippen molar-refractivity contribution >= 4 is 5.97 Å². The maximum absolute atomic E-state index is 10.8. The molecule has 1 aromatic heterocycles. The topological polar surface area (TPSA) is 88.4 Å². The van der Waals surface area contributed by atoms with Gasteiger partial charge in [0.1, 0.15) is 6.73 Å². The third-order valence-electron chi connectivity index (χ3n) is 3.02. The lowest BCUT2D eigenvalue weighted by Gasteiger charge is -2.27. The number of nitrogens with zero attached hydrogens (tertiary/aromatic N) is 2. The predicted molar refractivity (Wildman–Crippen MR) is 63.9 cm³/mol. The van der Waals surface area contributed by atoms with Gasteiger partial charge in [-0.1, -0.05) is 0 Å². The van der Waals surface area contributed by atoms with Crippen molar-refractivity contribution in [1.29, 1.82) is 0 Å². The van der Waals surface area contributed by atoms with Gasteiger partial charge in [-0.3, -0.25) is 9.40 Å². The second-order valence-corrected chi connectivity index (χ2v) is 4.50. The van der Waals surface area contributed by atoms with Crippen molar-refractivity contribution in [1.82, 2.24) is 20.3 Å². The van der Waals surface area contributed by atoms with Crippen LogP contribution >= 0.6 is 0 Å². The van der Waals surface area contributed by atoms with E-state index in [0.717, 1.165) is 19.4 Å². The minimum atomic E-state index is -1.06. The van der Waals surface area contributed by atoms with Crippen LogP contribution in [0.1, 0.15) is 30.4 Å². The van der Waals surface area contributed by atoms with E-state index < -0.39 is 5.97 Å². The predicted octanol–water partition coefficient (Wildman–Crippen LogP) is 0.201. The molecule has 100 valence electrons. The lowest BCUT2D eigenvalue weighted by atomic mass is 10.0. The van der Waals surface area contributed by atoms with Crippen LogP contribution in [0, 0.1) is 0 Å². The second kappa shape index (κ2) is 5.94. The number of imidazole rings is 1. The Labute approximate surface area is 105 Å². The van der Waals surface area contributed by atoms with Gasteiger partial charge in [0.2, 0.25) is 5.82 Å². The number of hydrogen-bond acceptors (Lipinski definition) is 5. The highest BCUT2D eigenvalue weighted by Crippen LogP contribution is 2.07. The highest BCUT2D eigenvalue weighted by Gasteiger charge is 2.17. The fraction of sp³-hybridized carbons (Fsp3) is 0.636. The number of carbonyl (C=O) groups is 1. The van der Waals surface area contributed by atoms with E-state index in [-0.39, 0.29) is 18.6 Å². The summed E-state index contributed by atoms with van der Waals surface area (Å²) < 4.78 is 1.44. The van der Waals surface area contributed by atoms with E-state index in [0.29, 0.717) is 6.04 Å². The molecule has 1 aromatic rings. The number of carboxylic acid groups (broad SMARTS) is 1. The molecule has 2 rings (SSSR count). The van der Waals surface area contributed by atoms with E-state index in [9.17, 15) is 4.79 Å². The van der Waals surface area contributed by atoms with Crippen LogP contribution in [0.4, 0.5) is 0 Å². The van der Waals surface area contributed by atoms with Crippen molar-refractivity contribution in [2.75, 3.05) is 6.54 Å². The van der Waals surface area contributed by atoms with E-state index in [4.69, 9.17) is 9.94 Å². The molecule has 1 unspecified atom stereocenters. The molecule has 0 amide bonds. The van der Waals surface area contributed by atoms with E-state index in [1.54, 1.807) is 6.20 Å². The van der Waals surface area contributed by atoms with Gasteiger partial charge in [-0.2, -0.15) is 5.48 Å². The lowest BCUT2D eigenvalue weighted by molar-refractivity contribution is -0.0332. The summed E-state index contributed by atoms with van der Waals surface area (Å²) >= 11 is 0. The summed E-state index contributed by atoms with van der Waals surface area (Å²) in [4.78, 5) is 19.9. The molecule has 7 heteroatoms. The first-order chi connectivity index (χ1) is 8.66. The van der Waals surface area contributed by atoms with Gasteiger partial charge in [-0.15, -0.1) is 0 Å². The molecule has 1 saturated heterocycles. The van der Waals surface area contributed by atoms with E-state index in [1.807, 2.05) is 0 Å². The van der Waals surface area contributed by atoms with Crippen LogP contribution in [0.5, 0.6) is 0 Å². The molecule has 0 aliphatic carbocycles. The SMILES string of the molecule is C[C@@H]1CCC(NOCn2ccnc2C(=O)O)CN1. The van der Waals surface area contributed by atoms with Crippen molar-refractivity contribution in [3.05, 3.63) is 18.2 Å². The Hall–Kier alpha value is -1.44. The number of aromatic carboxylic acids is 1. The molecule has 2 heterocycles. The average Bonchev–Trinajstić information content (AvgIpc) is 2.80. The third-order valence-corrected chi connectivity index (χ3v) is 3.02. The van der Waals surface area contributed by atoms with Crippen molar-refractivity contribution in [3.63, 3.8) is 0 Å². The summed E-state index contributed by atoms with van der Waals surface area (Å²) in [7, 11) is 0. The van der Waals surface area contributed by atoms with E-state index in [1.165, 1.54) is 10.8 Å². The van der Waals surface area contributed by atoms with Crippen molar-refractivity contribution in [2.45, 2.75) is 38.6 Å². The average molecular weight is 254 g/mol. The Kier molecular flexibility index (Phi) is 4.29. The molecule has 1 fully saturated rings. The zero-order valence-electron chi connectivity index (χ0n) is 10.3. The molecule has 18 heavy (non-hydrogen) atoms. The summed E-state index contributed by atoms with van der Waals surface area (Å²) in [6.07, 6.45) is 5.17. The number of aromatic nitrogens is 2. The molecular weight excluding hydrogens is 236 g/mol. The minimum absolute atomic E-state index is 0.0211. The van der Waals surface area contributed by atoms with Crippen LogP contribution < -0.4 is 10.8 Å². The second-order valence-electron chi connectivity index (χ2n) is 4.50. The van der Waals surface area contributed by atoms with Crippen LogP contribution in [-0.4, -0.2) is 39.3 Å². The minimum Gasteiger partial charge on any atom is -0.475 e. The molecule has 2 atom stereocenters. The molecule has 7 nitrogen and oxygen atoms in total. The lowest BCUT2D eigenvalue weighted by Crippen LogP contribution is -2.46. The summed E-state index contributed by atoms with van der Waals surface area (Å²) in [5.41, 5.74) is 2.94. The fourth-order valence-electron chi connectivity index (χ4n) is 1.94. The first kappa shape index (κ1) is 13.0.